The number of piperidine rings is 1. The quantitative estimate of drug-likeness (QED) is 0.132. The molecule has 6 atom stereocenters. The third-order valence-electron chi connectivity index (χ3n) is 13.7. The Kier molecular flexibility index (Phi) is 11.1. The van der Waals surface area contributed by atoms with E-state index < -0.39 is 35.0 Å². The monoisotopic (exact) mass is 724 g/mol. The van der Waals surface area contributed by atoms with E-state index in [2.05, 4.69) is 48.3 Å². The largest absolute Gasteiger partial charge is 0.387 e. The molecule has 2 heterocycles. The molecule has 3 saturated carbocycles. The van der Waals surface area contributed by atoms with Gasteiger partial charge in [-0.3, -0.25) is 24.2 Å². The van der Waals surface area contributed by atoms with Gasteiger partial charge < -0.3 is 31.5 Å². The number of carbonyl (C=O) groups excluding carboxylic acids is 4. The van der Waals surface area contributed by atoms with Crippen molar-refractivity contribution in [1.29, 1.82) is 0 Å². The number of hydrogen-bond acceptors (Lipinski definition) is 6. The zero-order valence-electron chi connectivity index (χ0n) is 33.9. The van der Waals surface area contributed by atoms with Crippen molar-refractivity contribution in [3.63, 3.8) is 0 Å². The van der Waals surface area contributed by atoms with Crippen LogP contribution in [0.4, 0.5) is 0 Å². The molecule has 0 unspecified atom stereocenters. The first kappa shape index (κ1) is 40.2. The predicted molar refractivity (Wildman–Crippen MR) is 206 cm³/mol. The molecular weight excluding hydrogens is 654 g/mol. The fraction of sp³-hybridized carbons (Fsp3) is 0.829. The average molecular weight is 724 g/mol. The lowest BCUT2D eigenvalue weighted by molar-refractivity contribution is -0.144. The third kappa shape index (κ3) is 7.41. The van der Waals surface area contributed by atoms with Gasteiger partial charge in [-0.1, -0.05) is 81.7 Å². The number of amidine groups is 1. The summed E-state index contributed by atoms with van der Waals surface area (Å²) in [5.41, 5.74) is 5.60. The summed E-state index contributed by atoms with van der Waals surface area (Å²) in [5, 5.41) is 9.33. The topological polar surface area (TPSA) is 149 Å². The Morgan fingerprint density at radius 3 is 2.12 bits per heavy atom. The molecule has 4 amide bonds. The maximum Gasteiger partial charge on any atom is 0.248 e. The van der Waals surface area contributed by atoms with Gasteiger partial charge in [-0.2, -0.15) is 0 Å². The fourth-order valence-corrected chi connectivity index (χ4v) is 9.96. The van der Waals surface area contributed by atoms with Crippen LogP contribution in [0.15, 0.2) is 17.1 Å². The second-order valence-electron chi connectivity index (χ2n) is 19.7. The summed E-state index contributed by atoms with van der Waals surface area (Å²) < 4.78 is 0. The van der Waals surface area contributed by atoms with Crippen molar-refractivity contribution < 1.29 is 19.2 Å². The number of nitrogens with two attached hydrogens (primary N) is 1. The first-order valence-corrected chi connectivity index (χ1v) is 20.0. The van der Waals surface area contributed by atoms with E-state index >= 15 is 4.79 Å². The molecule has 11 nitrogen and oxygen atoms in total. The Morgan fingerprint density at radius 2 is 1.62 bits per heavy atom. The Bertz CT molecular complexity index is 1450. The van der Waals surface area contributed by atoms with Gasteiger partial charge in [-0.25, -0.2) is 0 Å². The summed E-state index contributed by atoms with van der Waals surface area (Å²) in [4.78, 5) is 65.7. The van der Waals surface area contributed by atoms with Crippen LogP contribution in [0, 0.1) is 33.0 Å². The van der Waals surface area contributed by atoms with Gasteiger partial charge in [0.05, 0.1) is 11.9 Å². The van der Waals surface area contributed by atoms with E-state index in [1.807, 2.05) is 48.5 Å². The van der Waals surface area contributed by atoms with Gasteiger partial charge in [0, 0.05) is 36.0 Å². The van der Waals surface area contributed by atoms with Crippen LogP contribution in [-0.2, 0) is 19.2 Å². The van der Waals surface area contributed by atoms with Gasteiger partial charge in [0.15, 0.2) is 0 Å². The van der Waals surface area contributed by atoms with Gasteiger partial charge in [0.25, 0.3) is 0 Å². The predicted octanol–water partition coefficient (Wildman–Crippen LogP) is 4.55. The number of nitrogens with one attached hydrogen (secondary N) is 3. The number of rotatable bonds is 12. The third-order valence-corrected chi connectivity index (χ3v) is 13.7. The second-order valence-corrected chi connectivity index (χ2v) is 19.7. The van der Waals surface area contributed by atoms with E-state index in [9.17, 15) is 14.4 Å². The molecule has 3 aliphatic carbocycles. The Labute approximate surface area is 313 Å². The molecule has 0 aromatic carbocycles. The summed E-state index contributed by atoms with van der Waals surface area (Å²) in [7, 11) is 2.07. The van der Waals surface area contributed by atoms with Crippen molar-refractivity contribution in [3.05, 3.63) is 12.2 Å². The maximum atomic E-state index is 15.0. The van der Waals surface area contributed by atoms with Gasteiger partial charge in [-0.05, 0) is 86.6 Å². The van der Waals surface area contributed by atoms with Crippen LogP contribution in [-0.4, -0.2) is 96.2 Å². The SMILES string of the molecule is C=C(C(=O)NC1CC1)[C@H](CCC)NC(=O)[C@@H]1C[C@@]2(CN1C(=O)[C@@H](NC(=O)[C@@H](N=C(N)[C@@H]1CCCN(C)C1)C(C)(C)C)C(C)(C)C)C(C)(C)C21CCC1. The van der Waals surface area contributed by atoms with Crippen LogP contribution < -0.4 is 21.7 Å². The van der Waals surface area contributed by atoms with Gasteiger partial charge in [0.1, 0.15) is 18.1 Å². The second kappa shape index (κ2) is 14.4. The maximum absolute atomic E-state index is 15.0. The molecule has 0 aromatic rings. The average Bonchev–Trinajstić information content (AvgIpc) is 3.85. The highest BCUT2D eigenvalue weighted by Crippen LogP contribution is 2.88. The van der Waals surface area contributed by atoms with Crippen LogP contribution in [0.25, 0.3) is 0 Å². The molecular formula is C41H69N7O4. The summed E-state index contributed by atoms with van der Waals surface area (Å²) >= 11 is 0. The number of likely N-dealkylation sites (tertiary alicyclic amines) is 2. The molecule has 5 aliphatic rings. The molecule has 2 aliphatic heterocycles. The molecule has 2 spiro atoms. The van der Waals surface area contributed by atoms with Crippen LogP contribution in [0.2, 0.25) is 0 Å². The normalized spacial score (nSPS) is 28.8. The summed E-state index contributed by atoms with van der Waals surface area (Å²) in [6.45, 7) is 24.8. The zero-order chi connectivity index (χ0) is 38.6. The molecule has 0 radical (unpaired) electrons. The Hall–Kier alpha value is -2.95. The molecule has 5 rings (SSSR count). The van der Waals surface area contributed by atoms with Crippen molar-refractivity contribution in [2.75, 3.05) is 26.7 Å². The smallest absolute Gasteiger partial charge is 0.248 e. The number of nitrogens with zero attached hydrogens (tertiary/aromatic N) is 3. The first-order chi connectivity index (χ1) is 24.1. The molecule has 0 bridgehead atoms. The molecule has 0 aromatic heterocycles. The zero-order valence-corrected chi connectivity index (χ0v) is 33.9. The fourth-order valence-electron chi connectivity index (χ4n) is 9.96. The molecule has 5 N–H and O–H groups in total. The highest BCUT2D eigenvalue weighted by atomic mass is 16.2. The minimum absolute atomic E-state index is 0.0282. The van der Waals surface area contributed by atoms with Crippen molar-refractivity contribution in [2.45, 2.75) is 157 Å². The number of hydrogen-bond donors (Lipinski definition) is 4. The Morgan fingerprint density at radius 1 is 0.962 bits per heavy atom. The van der Waals surface area contributed by atoms with Crippen LogP contribution in [0.1, 0.15) is 127 Å². The molecule has 2 saturated heterocycles. The summed E-state index contributed by atoms with van der Waals surface area (Å²) in [6, 6.07) is -2.79. The first-order valence-electron chi connectivity index (χ1n) is 20.0. The standard InChI is InChI=1S/C41H69N7O4/c1-12-15-28(25(2)33(49)43-27-17-18-27)44-34(50)29-22-41(39(9,10)40(41)19-14-20-40)24-48(29)36(52)31(38(6,7)8)46-35(51)30(37(3,4)5)45-32(42)26-16-13-21-47(11)23-26/h26-31H,2,12-24H2,1,3-11H3,(H2,42,45)(H,43,49)(H,44,50)(H,46,51)/t26-,28+,29+,30-,31-,41-/m1/s1. The van der Waals surface area contributed by atoms with E-state index in [0.717, 1.165) is 64.5 Å². The lowest BCUT2D eigenvalue weighted by Gasteiger charge is -2.38. The van der Waals surface area contributed by atoms with Crippen LogP contribution >= 0.6 is 0 Å². The molecule has 11 heteroatoms. The van der Waals surface area contributed by atoms with Gasteiger partial charge in [-0.15, -0.1) is 0 Å². The van der Waals surface area contributed by atoms with Crippen molar-refractivity contribution in [1.82, 2.24) is 25.8 Å². The number of aliphatic imine (C=N–C) groups is 1. The molecule has 5 fully saturated rings. The van der Waals surface area contributed by atoms with Crippen molar-refractivity contribution in [2.24, 2.45) is 43.7 Å². The van der Waals surface area contributed by atoms with Gasteiger partial charge >= 0.3 is 0 Å². The van der Waals surface area contributed by atoms with E-state index in [1.165, 1.54) is 0 Å². The summed E-state index contributed by atoms with van der Waals surface area (Å²) in [6.07, 6.45) is 9.09. The lowest BCUT2D eigenvalue weighted by atomic mass is 9.73. The number of fused-ring (bicyclic) bond motifs is 1. The highest BCUT2D eigenvalue weighted by Gasteiger charge is 2.85. The number of carbonyl (C=O) groups is 4. The molecule has 292 valence electrons. The lowest BCUT2D eigenvalue weighted by Crippen LogP contribution is -2.60. The minimum atomic E-state index is -0.905. The van der Waals surface area contributed by atoms with E-state index in [4.69, 9.17) is 10.7 Å². The highest BCUT2D eigenvalue weighted by molar-refractivity contribution is 5.97. The van der Waals surface area contributed by atoms with Crippen LogP contribution in [0.3, 0.4) is 0 Å². The van der Waals surface area contributed by atoms with E-state index in [0.29, 0.717) is 30.8 Å². The summed E-state index contributed by atoms with van der Waals surface area (Å²) in [5.74, 6) is -0.532. The van der Waals surface area contributed by atoms with Gasteiger partial charge in [0.2, 0.25) is 23.6 Å². The van der Waals surface area contributed by atoms with E-state index in [1.54, 1.807) is 4.90 Å². The molecule has 52 heavy (non-hydrogen) atoms. The number of amides is 4. The Balaban J connectivity index is 1.42. The van der Waals surface area contributed by atoms with Crippen LogP contribution in [0.5, 0.6) is 0 Å². The minimum Gasteiger partial charge on any atom is -0.387 e. The van der Waals surface area contributed by atoms with Crippen molar-refractivity contribution >= 4 is 29.5 Å². The van der Waals surface area contributed by atoms with E-state index in [-0.39, 0.29) is 51.8 Å². The van der Waals surface area contributed by atoms with Crippen molar-refractivity contribution in [3.8, 4) is 0 Å².